The fraction of sp³-hybridized carbons (Fsp3) is 0.467. The van der Waals surface area contributed by atoms with Crippen LogP contribution in [0.1, 0.15) is 57.4 Å². The van der Waals surface area contributed by atoms with Crippen molar-refractivity contribution in [2.24, 2.45) is 0 Å². The molecule has 1 aromatic heterocycles. The van der Waals surface area contributed by atoms with Crippen molar-refractivity contribution < 1.29 is 9.53 Å². The average molecular weight is 472 g/mol. The second-order valence-corrected chi connectivity index (χ2v) is 10.0. The molecule has 5 heteroatoms. The van der Waals surface area contributed by atoms with Gasteiger partial charge in [0.05, 0.1) is 5.52 Å². The van der Waals surface area contributed by atoms with Crippen LogP contribution in [0.4, 0.5) is 5.69 Å². The highest BCUT2D eigenvalue weighted by Crippen LogP contribution is 2.32. The zero-order chi connectivity index (χ0) is 24.0. The molecule has 35 heavy (non-hydrogen) atoms. The van der Waals surface area contributed by atoms with E-state index < -0.39 is 0 Å². The lowest BCUT2D eigenvalue weighted by molar-refractivity contribution is -0.116. The summed E-state index contributed by atoms with van der Waals surface area (Å²) in [5, 5.41) is 1.15. The Morgan fingerprint density at radius 2 is 1.69 bits per heavy atom. The third-order valence-corrected chi connectivity index (χ3v) is 7.58. The van der Waals surface area contributed by atoms with E-state index in [1.54, 1.807) is 6.92 Å². The molecule has 0 aliphatic carbocycles. The van der Waals surface area contributed by atoms with E-state index in [1.165, 1.54) is 31.2 Å². The van der Waals surface area contributed by atoms with Gasteiger partial charge in [0.25, 0.3) is 0 Å². The minimum absolute atomic E-state index is 0.126. The molecule has 0 unspecified atom stereocenters. The minimum atomic E-state index is 0.126. The monoisotopic (exact) mass is 471 g/mol. The SMILES string of the molecule is CC(=O)N1CCCCCCCN(C2CCOCC2)Cc2cc(-c3cnc4ccccc4c3)ccc21. The van der Waals surface area contributed by atoms with E-state index in [2.05, 4.69) is 41.3 Å². The summed E-state index contributed by atoms with van der Waals surface area (Å²) in [5.74, 6) is 0.126. The number of rotatable bonds is 2. The van der Waals surface area contributed by atoms with Gasteiger partial charge < -0.3 is 9.64 Å². The molecule has 2 aromatic carbocycles. The number of ether oxygens (including phenoxy) is 1. The lowest BCUT2D eigenvalue weighted by Crippen LogP contribution is -2.40. The van der Waals surface area contributed by atoms with Crippen LogP contribution in [0.25, 0.3) is 22.0 Å². The van der Waals surface area contributed by atoms with Gasteiger partial charge in [-0.05, 0) is 67.6 Å². The molecule has 0 spiro atoms. The standard InChI is InChI=1S/C30H37N3O2/c1-23(34)33-16-8-4-2-3-7-15-32(28-13-17-35-18-14-28)22-27-19-24(11-12-30(27)33)26-20-25-9-5-6-10-29(25)31-21-26/h5-6,9-12,19-21,28H,2-4,7-8,13-18,22H2,1H3. The summed E-state index contributed by atoms with van der Waals surface area (Å²) < 4.78 is 5.67. The summed E-state index contributed by atoms with van der Waals surface area (Å²) >= 11 is 0. The molecule has 0 atom stereocenters. The molecule has 0 bridgehead atoms. The number of benzene rings is 2. The average Bonchev–Trinajstić information content (AvgIpc) is 2.89. The minimum Gasteiger partial charge on any atom is -0.381 e. The van der Waals surface area contributed by atoms with E-state index in [0.717, 1.165) is 79.8 Å². The molecule has 3 aromatic rings. The van der Waals surface area contributed by atoms with Gasteiger partial charge in [-0.15, -0.1) is 0 Å². The molecule has 0 N–H and O–H groups in total. The molecule has 1 fully saturated rings. The summed E-state index contributed by atoms with van der Waals surface area (Å²) in [6.07, 6.45) is 10.1. The van der Waals surface area contributed by atoms with Crippen LogP contribution in [0.5, 0.6) is 0 Å². The number of amides is 1. The van der Waals surface area contributed by atoms with Crippen molar-refractivity contribution >= 4 is 22.5 Å². The van der Waals surface area contributed by atoms with Gasteiger partial charge in [-0.1, -0.05) is 43.5 Å². The maximum Gasteiger partial charge on any atom is 0.223 e. The number of hydrogen-bond acceptors (Lipinski definition) is 4. The van der Waals surface area contributed by atoms with Gasteiger partial charge in [-0.25, -0.2) is 0 Å². The molecule has 5 nitrogen and oxygen atoms in total. The van der Waals surface area contributed by atoms with Crippen molar-refractivity contribution in [3.8, 4) is 11.1 Å². The maximum atomic E-state index is 12.7. The van der Waals surface area contributed by atoms with Crippen LogP contribution in [-0.4, -0.2) is 48.1 Å². The topological polar surface area (TPSA) is 45.7 Å². The third-order valence-electron chi connectivity index (χ3n) is 7.58. The van der Waals surface area contributed by atoms with Crippen LogP contribution in [0.15, 0.2) is 54.7 Å². The number of aromatic nitrogens is 1. The molecular formula is C30H37N3O2. The number of carbonyl (C=O) groups is 1. The third kappa shape index (κ3) is 5.74. The van der Waals surface area contributed by atoms with Crippen LogP contribution in [0.3, 0.4) is 0 Å². The number of para-hydroxylation sites is 1. The number of nitrogens with zero attached hydrogens (tertiary/aromatic N) is 3. The van der Waals surface area contributed by atoms with E-state index in [9.17, 15) is 4.79 Å². The zero-order valence-electron chi connectivity index (χ0n) is 20.9. The van der Waals surface area contributed by atoms with Gasteiger partial charge in [0.1, 0.15) is 0 Å². The van der Waals surface area contributed by atoms with Crippen LogP contribution < -0.4 is 4.90 Å². The van der Waals surface area contributed by atoms with Crippen molar-refractivity contribution in [2.45, 2.75) is 64.5 Å². The molecule has 1 saturated heterocycles. The predicted octanol–water partition coefficient (Wildman–Crippen LogP) is 6.20. The van der Waals surface area contributed by atoms with Crippen molar-refractivity contribution in [1.29, 1.82) is 0 Å². The number of fused-ring (bicyclic) bond motifs is 2. The van der Waals surface area contributed by atoms with Crippen molar-refractivity contribution in [1.82, 2.24) is 9.88 Å². The fourth-order valence-electron chi connectivity index (χ4n) is 5.61. The first-order valence-electron chi connectivity index (χ1n) is 13.3. The summed E-state index contributed by atoms with van der Waals surface area (Å²) in [4.78, 5) is 22.1. The Kier molecular flexibility index (Phi) is 7.75. The van der Waals surface area contributed by atoms with Crippen molar-refractivity contribution in [2.75, 3.05) is 31.2 Å². The molecule has 5 rings (SSSR count). The van der Waals surface area contributed by atoms with Crippen LogP contribution in [0, 0.1) is 0 Å². The molecule has 2 aliphatic rings. The first kappa shape index (κ1) is 24.0. The predicted molar refractivity (Wildman–Crippen MR) is 143 cm³/mol. The molecule has 0 radical (unpaired) electrons. The maximum absolute atomic E-state index is 12.7. The Morgan fingerprint density at radius 3 is 2.51 bits per heavy atom. The van der Waals surface area contributed by atoms with E-state index >= 15 is 0 Å². The summed E-state index contributed by atoms with van der Waals surface area (Å²) in [7, 11) is 0. The van der Waals surface area contributed by atoms with Crippen LogP contribution >= 0.6 is 0 Å². The quantitative estimate of drug-likeness (QED) is 0.446. The smallest absolute Gasteiger partial charge is 0.223 e. The van der Waals surface area contributed by atoms with Crippen molar-refractivity contribution in [3.05, 3.63) is 60.3 Å². The summed E-state index contributed by atoms with van der Waals surface area (Å²) in [6.45, 7) is 6.14. The first-order valence-corrected chi connectivity index (χ1v) is 13.3. The van der Waals surface area contributed by atoms with E-state index in [0.29, 0.717) is 6.04 Å². The van der Waals surface area contributed by atoms with Gasteiger partial charge in [-0.2, -0.15) is 0 Å². The molecule has 1 amide bonds. The van der Waals surface area contributed by atoms with Crippen LogP contribution in [0.2, 0.25) is 0 Å². The molecule has 0 saturated carbocycles. The largest absolute Gasteiger partial charge is 0.381 e. The summed E-state index contributed by atoms with van der Waals surface area (Å²) in [5.41, 5.74) is 5.58. The highest BCUT2D eigenvalue weighted by Gasteiger charge is 2.24. The molecule has 2 aliphatic heterocycles. The Hall–Kier alpha value is -2.76. The highest BCUT2D eigenvalue weighted by molar-refractivity contribution is 5.93. The van der Waals surface area contributed by atoms with E-state index in [-0.39, 0.29) is 5.91 Å². The number of pyridine rings is 1. The van der Waals surface area contributed by atoms with Gasteiger partial charge in [0.15, 0.2) is 0 Å². The second-order valence-electron chi connectivity index (χ2n) is 10.0. The van der Waals surface area contributed by atoms with Crippen LogP contribution in [-0.2, 0) is 16.1 Å². The van der Waals surface area contributed by atoms with Gasteiger partial charge >= 0.3 is 0 Å². The number of hydrogen-bond donors (Lipinski definition) is 0. The fourth-order valence-corrected chi connectivity index (χ4v) is 5.61. The Balaban J connectivity index is 1.55. The molecule has 184 valence electrons. The number of carbonyl (C=O) groups excluding carboxylic acids is 1. The second kappa shape index (κ2) is 11.3. The highest BCUT2D eigenvalue weighted by atomic mass is 16.5. The Bertz CT molecular complexity index is 1160. The molecule has 3 heterocycles. The summed E-state index contributed by atoms with van der Waals surface area (Å²) in [6, 6.07) is 17.6. The van der Waals surface area contributed by atoms with Gasteiger partial charge in [0.2, 0.25) is 5.91 Å². The Morgan fingerprint density at radius 1 is 0.914 bits per heavy atom. The van der Waals surface area contributed by atoms with E-state index in [1.807, 2.05) is 23.2 Å². The van der Waals surface area contributed by atoms with Crippen molar-refractivity contribution in [3.63, 3.8) is 0 Å². The lowest BCUT2D eigenvalue weighted by atomic mass is 9.98. The van der Waals surface area contributed by atoms with Gasteiger partial charge in [-0.3, -0.25) is 14.7 Å². The normalized spacial score (nSPS) is 19.1. The molecular weight excluding hydrogens is 434 g/mol. The van der Waals surface area contributed by atoms with Gasteiger partial charge in [0, 0.05) is 62.1 Å². The van der Waals surface area contributed by atoms with E-state index in [4.69, 9.17) is 9.72 Å². The number of anilines is 1. The lowest BCUT2D eigenvalue weighted by Gasteiger charge is -2.36. The zero-order valence-corrected chi connectivity index (χ0v) is 20.9. The first-order chi connectivity index (χ1) is 17.2. The Labute approximate surface area is 209 Å².